The molecular weight excluding hydrogens is 384 g/mol. The maximum atomic E-state index is 12.7. The van der Waals surface area contributed by atoms with E-state index in [9.17, 15) is 4.79 Å². The molecule has 9 nitrogen and oxygen atoms in total. The van der Waals surface area contributed by atoms with E-state index in [0.29, 0.717) is 36.4 Å². The summed E-state index contributed by atoms with van der Waals surface area (Å²) in [5.74, 6) is 1.06. The van der Waals surface area contributed by atoms with Crippen molar-refractivity contribution >= 4 is 11.4 Å². The topological polar surface area (TPSA) is 107 Å². The van der Waals surface area contributed by atoms with Gasteiger partial charge in [-0.2, -0.15) is 5.10 Å². The standard InChI is InChI=1S/C21H22N6O3/c1-30-16-6-4-15(5-7-16)27-17(8-10-24-27)20-25-19(18-14-22-11-12-26(18)20)21(29)23-9-2-3-13-28/h4-8,10-12,14,28H,2-3,9,13H2,1H3,(H,23,29). The van der Waals surface area contributed by atoms with Crippen molar-refractivity contribution in [2.75, 3.05) is 20.3 Å². The Hall–Kier alpha value is -3.72. The molecule has 0 saturated carbocycles. The highest BCUT2D eigenvalue weighted by Gasteiger charge is 2.21. The predicted octanol–water partition coefficient (Wildman–Crippen LogP) is 2.09. The quantitative estimate of drug-likeness (QED) is 0.434. The third-order valence-corrected chi connectivity index (χ3v) is 4.72. The monoisotopic (exact) mass is 406 g/mol. The number of fused-ring (bicyclic) bond motifs is 1. The van der Waals surface area contributed by atoms with Crippen LogP contribution in [0.15, 0.2) is 55.1 Å². The Morgan fingerprint density at radius 1 is 1.17 bits per heavy atom. The highest BCUT2D eigenvalue weighted by atomic mass is 16.5. The number of methoxy groups -OCH3 is 1. The molecule has 0 aliphatic rings. The molecule has 0 fully saturated rings. The summed E-state index contributed by atoms with van der Waals surface area (Å²) < 4.78 is 8.81. The van der Waals surface area contributed by atoms with Crippen molar-refractivity contribution in [1.82, 2.24) is 29.5 Å². The molecule has 4 aromatic rings. The van der Waals surface area contributed by atoms with Crippen LogP contribution in [-0.2, 0) is 0 Å². The fourth-order valence-electron chi connectivity index (χ4n) is 3.21. The molecule has 1 amide bonds. The number of nitrogens with zero attached hydrogens (tertiary/aromatic N) is 5. The molecule has 2 N–H and O–H groups in total. The third-order valence-electron chi connectivity index (χ3n) is 4.72. The van der Waals surface area contributed by atoms with Crippen molar-refractivity contribution in [2.45, 2.75) is 12.8 Å². The minimum atomic E-state index is -0.278. The molecule has 0 aliphatic carbocycles. The van der Waals surface area contributed by atoms with Crippen LogP contribution in [0.2, 0.25) is 0 Å². The van der Waals surface area contributed by atoms with E-state index in [1.165, 1.54) is 0 Å². The summed E-state index contributed by atoms with van der Waals surface area (Å²) >= 11 is 0. The Labute approximate surface area is 173 Å². The van der Waals surface area contributed by atoms with Gasteiger partial charge < -0.3 is 15.2 Å². The Morgan fingerprint density at radius 2 is 2.00 bits per heavy atom. The van der Waals surface area contributed by atoms with Crippen molar-refractivity contribution in [3.05, 3.63) is 60.8 Å². The maximum absolute atomic E-state index is 12.7. The molecule has 3 heterocycles. The van der Waals surface area contributed by atoms with Gasteiger partial charge in [-0.1, -0.05) is 0 Å². The van der Waals surface area contributed by atoms with Gasteiger partial charge in [0.25, 0.3) is 5.91 Å². The Bertz CT molecular complexity index is 1150. The smallest absolute Gasteiger partial charge is 0.272 e. The third kappa shape index (κ3) is 3.74. The first-order valence-electron chi connectivity index (χ1n) is 9.63. The lowest BCUT2D eigenvalue weighted by Gasteiger charge is -2.08. The number of benzene rings is 1. The second-order valence-electron chi connectivity index (χ2n) is 6.63. The minimum absolute atomic E-state index is 0.104. The van der Waals surface area contributed by atoms with Crippen molar-refractivity contribution in [1.29, 1.82) is 0 Å². The number of rotatable bonds is 8. The fourth-order valence-corrected chi connectivity index (χ4v) is 3.21. The van der Waals surface area contributed by atoms with Crippen molar-refractivity contribution in [3.8, 4) is 23.0 Å². The van der Waals surface area contributed by atoms with Gasteiger partial charge in [0.2, 0.25) is 0 Å². The average Bonchev–Trinajstić information content (AvgIpc) is 3.41. The van der Waals surface area contributed by atoms with Gasteiger partial charge in [0.1, 0.15) is 11.4 Å². The number of aliphatic hydroxyl groups is 1. The van der Waals surface area contributed by atoms with Crippen LogP contribution in [0.1, 0.15) is 23.3 Å². The number of hydrogen-bond acceptors (Lipinski definition) is 6. The number of amides is 1. The predicted molar refractivity (Wildman–Crippen MR) is 111 cm³/mol. The van der Waals surface area contributed by atoms with Gasteiger partial charge >= 0.3 is 0 Å². The first kappa shape index (κ1) is 19.6. The molecule has 0 aliphatic heterocycles. The normalized spacial score (nSPS) is 11.0. The Kier molecular flexibility index (Phi) is 5.71. The molecule has 9 heteroatoms. The second-order valence-corrected chi connectivity index (χ2v) is 6.63. The Balaban J connectivity index is 1.72. The van der Waals surface area contributed by atoms with Crippen LogP contribution in [0.5, 0.6) is 5.75 Å². The molecule has 3 aromatic heterocycles. The molecule has 0 bridgehead atoms. The number of carbonyl (C=O) groups is 1. The number of aromatic nitrogens is 5. The van der Waals surface area contributed by atoms with E-state index >= 15 is 0 Å². The van der Waals surface area contributed by atoms with Crippen LogP contribution in [0.3, 0.4) is 0 Å². The number of imidazole rings is 1. The van der Waals surface area contributed by atoms with Crippen molar-refractivity contribution < 1.29 is 14.6 Å². The van der Waals surface area contributed by atoms with Crippen molar-refractivity contribution in [2.24, 2.45) is 0 Å². The highest BCUT2D eigenvalue weighted by Crippen LogP contribution is 2.25. The first-order chi connectivity index (χ1) is 14.7. The average molecular weight is 406 g/mol. The van der Waals surface area contributed by atoms with E-state index in [2.05, 4.69) is 20.4 Å². The maximum Gasteiger partial charge on any atom is 0.272 e. The zero-order valence-corrected chi connectivity index (χ0v) is 16.5. The van der Waals surface area contributed by atoms with Crippen LogP contribution in [0.4, 0.5) is 0 Å². The number of nitrogens with one attached hydrogen (secondary N) is 1. The largest absolute Gasteiger partial charge is 0.497 e. The van der Waals surface area contributed by atoms with Gasteiger partial charge in [-0.3, -0.25) is 14.2 Å². The summed E-state index contributed by atoms with van der Waals surface area (Å²) in [4.78, 5) is 21.5. The number of unbranched alkanes of at least 4 members (excludes halogenated alkanes) is 1. The molecule has 0 saturated heterocycles. The fraction of sp³-hybridized carbons (Fsp3) is 0.238. The summed E-state index contributed by atoms with van der Waals surface area (Å²) in [7, 11) is 1.62. The Morgan fingerprint density at radius 3 is 2.77 bits per heavy atom. The van der Waals surface area contributed by atoms with Crippen LogP contribution in [0.25, 0.3) is 22.7 Å². The summed E-state index contributed by atoms with van der Waals surface area (Å²) in [5.41, 5.74) is 2.48. The molecule has 0 unspecified atom stereocenters. The van der Waals surface area contributed by atoms with E-state index in [4.69, 9.17) is 9.84 Å². The van der Waals surface area contributed by atoms with E-state index < -0.39 is 0 Å². The molecule has 154 valence electrons. The van der Waals surface area contributed by atoms with Crippen LogP contribution in [-0.4, -0.2) is 55.4 Å². The van der Waals surface area contributed by atoms with Gasteiger partial charge in [0, 0.05) is 25.5 Å². The second kappa shape index (κ2) is 8.75. The van der Waals surface area contributed by atoms with Gasteiger partial charge in [-0.15, -0.1) is 0 Å². The number of carbonyl (C=O) groups excluding carboxylic acids is 1. The van der Waals surface area contributed by atoms with Crippen molar-refractivity contribution in [3.63, 3.8) is 0 Å². The lowest BCUT2D eigenvalue weighted by Crippen LogP contribution is -2.25. The SMILES string of the molecule is COc1ccc(-n2nccc2-c2nc(C(=O)NCCCCO)c3cnccn23)cc1. The molecule has 4 rings (SSSR count). The zero-order chi connectivity index (χ0) is 20.9. The molecule has 0 atom stereocenters. The molecule has 30 heavy (non-hydrogen) atoms. The van der Waals surface area contributed by atoms with Gasteiger partial charge in [-0.05, 0) is 43.2 Å². The number of ether oxygens (including phenoxy) is 1. The van der Waals surface area contributed by atoms with E-state index in [1.54, 1.807) is 36.6 Å². The summed E-state index contributed by atoms with van der Waals surface area (Å²) in [5, 5.41) is 16.2. The summed E-state index contributed by atoms with van der Waals surface area (Å²) in [6, 6.07) is 9.38. The van der Waals surface area contributed by atoms with E-state index in [0.717, 1.165) is 17.1 Å². The molecular formula is C21H22N6O3. The minimum Gasteiger partial charge on any atom is -0.497 e. The lowest BCUT2D eigenvalue weighted by molar-refractivity contribution is 0.0949. The van der Waals surface area contributed by atoms with E-state index in [-0.39, 0.29) is 12.5 Å². The van der Waals surface area contributed by atoms with Gasteiger partial charge in [0.05, 0.1) is 30.7 Å². The molecule has 0 radical (unpaired) electrons. The first-order valence-corrected chi connectivity index (χ1v) is 9.63. The summed E-state index contributed by atoms with van der Waals surface area (Å²) in [6.45, 7) is 0.574. The zero-order valence-electron chi connectivity index (χ0n) is 16.5. The van der Waals surface area contributed by atoms with Gasteiger partial charge in [-0.25, -0.2) is 9.67 Å². The van der Waals surface area contributed by atoms with Gasteiger partial charge in [0.15, 0.2) is 11.5 Å². The van der Waals surface area contributed by atoms with Crippen LogP contribution < -0.4 is 10.1 Å². The van der Waals surface area contributed by atoms with Crippen LogP contribution >= 0.6 is 0 Å². The van der Waals surface area contributed by atoms with Crippen LogP contribution in [0, 0.1) is 0 Å². The highest BCUT2D eigenvalue weighted by molar-refractivity contribution is 5.99. The molecule has 1 aromatic carbocycles. The lowest BCUT2D eigenvalue weighted by atomic mass is 10.3. The molecule has 0 spiro atoms. The summed E-state index contributed by atoms with van der Waals surface area (Å²) in [6.07, 6.45) is 8.06. The number of hydrogen-bond donors (Lipinski definition) is 2. The van der Waals surface area contributed by atoms with E-state index in [1.807, 2.05) is 34.7 Å². The number of aliphatic hydroxyl groups excluding tert-OH is 1.